The molecule has 0 aliphatic rings. The first-order valence-corrected chi connectivity index (χ1v) is 6.46. The number of unbranched alkanes of at least 4 members (excludes halogenated alkanes) is 3. The summed E-state index contributed by atoms with van der Waals surface area (Å²) in [7, 11) is 1.63. The predicted octanol–water partition coefficient (Wildman–Crippen LogP) is 2.53. The lowest BCUT2D eigenvalue weighted by Gasteiger charge is -2.06. The number of nitrogens with one attached hydrogen (secondary N) is 1. The molecule has 1 aromatic carbocycles. The largest absolute Gasteiger partial charge is 0.497 e. The zero-order chi connectivity index (χ0) is 13.9. The fraction of sp³-hybridized carbons (Fsp3) is 0.500. The molecule has 0 atom stereocenters. The van der Waals surface area contributed by atoms with E-state index in [1.807, 2.05) is 24.3 Å². The summed E-state index contributed by atoms with van der Waals surface area (Å²) in [6.07, 6.45) is 4.08. The molecule has 0 aliphatic heterocycles. The number of ether oxygens (including phenoxy) is 2. The second-order valence-electron chi connectivity index (χ2n) is 4.22. The van der Waals surface area contributed by atoms with E-state index in [4.69, 9.17) is 14.7 Å². The van der Waals surface area contributed by atoms with Crippen molar-refractivity contribution in [3.05, 3.63) is 24.3 Å². The Kier molecular flexibility index (Phi) is 7.43. The number of hydrogen-bond donors (Lipinski definition) is 2. The Morgan fingerprint density at radius 3 is 2.37 bits per heavy atom. The van der Waals surface area contributed by atoms with Gasteiger partial charge in [0.05, 0.1) is 13.7 Å². The molecule has 0 radical (unpaired) electrons. The molecule has 19 heavy (non-hydrogen) atoms. The number of hydroxylamine groups is 1. The zero-order valence-electron chi connectivity index (χ0n) is 11.2. The van der Waals surface area contributed by atoms with Gasteiger partial charge in [-0.2, -0.15) is 0 Å². The van der Waals surface area contributed by atoms with Crippen molar-refractivity contribution in [2.24, 2.45) is 0 Å². The maximum Gasteiger partial charge on any atom is 0.243 e. The van der Waals surface area contributed by atoms with Crippen LogP contribution in [0.15, 0.2) is 24.3 Å². The first-order valence-electron chi connectivity index (χ1n) is 6.46. The van der Waals surface area contributed by atoms with Crippen LogP contribution in [0.3, 0.4) is 0 Å². The van der Waals surface area contributed by atoms with Crippen molar-refractivity contribution in [2.75, 3.05) is 13.7 Å². The second kappa shape index (κ2) is 9.22. The van der Waals surface area contributed by atoms with Crippen molar-refractivity contribution in [2.45, 2.75) is 32.1 Å². The van der Waals surface area contributed by atoms with Gasteiger partial charge in [0.2, 0.25) is 5.91 Å². The summed E-state index contributed by atoms with van der Waals surface area (Å²) in [6.45, 7) is 0.665. The number of hydrogen-bond acceptors (Lipinski definition) is 4. The van der Waals surface area contributed by atoms with Crippen LogP contribution in [0.1, 0.15) is 32.1 Å². The van der Waals surface area contributed by atoms with Crippen molar-refractivity contribution in [1.82, 2.24) is 5.48 Å². The van der Waals surface area contributed by atoms with Crippen molar-refractivity contribution >= 4 is 5.91 Å². The zero-order valence-corrected chi connectivity index (χ0v) is 11.2. The van der Waals surface area contributed by atoms with Crippen molar-refractivity contribution in [1.29, 1.82) is 0 Å². The van der Waals surface area contributed by atoms with Crippen LogP contribution in [0.4, 0.5) is 0 Å². The van der Waals surface area contributed by atoms with Crippen LogP contribution >= 0.6 is 0 Å². The van der Waals surface area contributed by atoms with Gasteiger partial charge in [0, 0.05) is 6.42 Å². The maximum absolute atomic E-state index is 10.7. The molecule has 0 aromatic heterocycles. The van der Waals surface area contributed by atoms with Gasteiger partial charge in [-0.3, -0.25) is 10.0 Å². The van der Waals surface area contributed by atoms with E-state index in [9.17, 15) is 4.79 Å². The molecule has 5 heteroatoms. The third-order valence-electron chi connectivity index (χ3n) is 2.75. The summed E-state index contributed by atoms with van der Waals surface area (Å²) >= 11 is 0. The lowest BCUT2D eigenvalue weighted by atomic mass is 10.1. The maximum atomic E-state index is 10.7. The minimum Gasteiger partial charge on any atom is -0.497 e. The minimum absolute atomic E-state index is 0.325. The first kappa shape index (κ1) is 15.3. The lowest BCUT2D eigenvalue weighted by molar-refractivity contribution is -0.129. The van der Waals surface area contributed by atoms with Crippen molar-refractivity contribution < 1.29 is 19.5 Å². The Hall–Kier alpha value is -1.75. The average Bonchev–Trinajstić information content (AvgIpc) is 2.46. The van der Waals surface area contributed by atoms with Crippen molar-refractivity contribution in [3.8, 4) is 11.5 Å². The molecule has 0 saturated heterocycles. The molecule has 0 unspecified atom stereocenters. The van der Waals surface area contributed by atoms with Gasteiger partial charge in [-0.25, -0.2) is 5.48 Å². The fourth-order valence-corrected chi connectivity index (χ4v) is 1.66. The number of carbonyl (C=O) groups excluding carboxylic acids is 1. The van der Waals surface area contributed by atoms with Gasteiger partial charge in [0.1, 0.15) is 11.5 Å². The third-order valence-corrected chi connectivity index (χ3v) is 2.75. The highest BCUT2D eigenvalue weighted by atomic mass is 16.5. The smallest absolute Gasteiger partial charge is 0.243 e. The molecule has 0 fully saturated rings. The quantitative estimate of drug-likeness (QED) is 0.410. The van der Waals surface area contributed by atoms with E-state index in [2.05, 4.69) is 0 Å². The van der Waals surface area contributed by atoms with Crippen LogP contribution in [-0.2, 0) is 4.79 Å². The lowest BCUT2D eigenvalue weighted by Crippen LogP contribution is -2.17. The molecule has 106 valence electrons. The van der Waals surface area contributed by atoms with E-state index in [1.165, 1.54) is 0 Å². The van der Waals surface area contributed by atoms with Crippen LogP contribution in [-0.4, -0.2) is 24.8 Å². The van der Waals surface area contributed by atoms with Crippen LogP contribution in [0.5, 0.6) is 11.5 Å². The van der Waals surface area contributed by atoms with Gasteiger partial charge in [0.15, 0.2) is 0 Å². The molecule has 0 aliphatic carbocycles. The van der Waals surface area contributed by atoms with Crippen LogP contribution in [0, 0.1) is 0 Å². The summed E-state index contributed by atoms with van der Waals surface area (Å²) in [5, 5.41) is 8.31. The van der Waals surface area contributed by atoms with Crippen LogP contribution in [0.2, 0.25) is 0 Å². The number of benzene rings is 1. The van der Waals surface area contributed by atoms with E-state index in [-0.39, 0.29) is 5.91 Å². The van der Waals surface area contributed by atoms with Crippen LogP contribution in [0.25, 0.3) is 0 Å². The molecular formula is C14H21NO4. The van der Waals surface area contributed by atoms with Gasteiger partial charge >= 0.3 is 0 Å². The van der Waals surface area contributed by atoms with Crippen LogP contribution < -0.4 is 15.0 Å². The van der Waals surface area contributed by atoms with E-state index in [1.54, 1.807) is 12.6 Å². The predicted molar refractivity (Wildman–Crippen MR) is 71.5 cm³/mol. The number of amides is 1. The molecular weight excluding hydrogens is 246 g/mol. The molecule has 1 rings (SSSR count). The van der Waals surface area contributed by atoms with Gasteiger partial charge in [-0.15, -0.1) is 0 Å². The molecule has 0 saturated carbocycles. The third kappa shape index (κ3) is 6.67. The summed E-state index contributed by atoms with van der Waals surface area (Å²) in [5.41, 5.74) is 1.62. The molecule has 0 heterocycles. The monoisotopic (exact) mass is 267 g/mol. The standard InChI is InChI=1S/C14H21NO4/c1-18-12-7-9-13(10-8-12)19-11-5-3-2-4-6-14(16)15-17/h7-10,17H,2-6,11H2,1H3,(H,15,16). The fourth-order valence-electron chi connectivity index (χ4n) is 1.66. The average molecular weight is 267 g/mol. The molecule has 5 nitrogen and oxygen atoms in total. The Bertz CT molecular complexity index is 364. The molecule has 2 N–H and O–H groups in total. The Morgan fingerprint density at radius 2 is 1.74 bits per heavy atom. The molecule has 0 spiro atoms. The Morgan fingerprint density at radius 1 is 1.11 bits per heavy atom. The van der Waals surface area contributed by atoms with E-state index in [0.29, 0.717) is 13.0 Å². The molecule has 0 bridgehead atoms. The van der Waals surface area contributed by atoms with Crippen molar-refractivity contribution in [3.63, 3.8) is 0 Å². The summed E-state index contributed by atoms with van der Waals surface area (Å²) in [4.78, 5) is 10.7. The minimum atomic E-state index is -0.325. The highest BCUT2D eigenvalue weighted by Crippen LogP contribution is 2.17. The SMILES string of the molecule is COc1ccc(OCCCCCCC(=O)NO)cc1. The number of methoxy groups -OCH3 is 1. The van der Waals surface area contributed by atoms with Gasteiger partial charge in [-0.05, 0) is 37.1 Å². The Labute approximate surface area is 113 Å². The Balaban J connectivity index is 2.02. The highest BCUT2D eigenvalue weighted by Gasteiger charge is 1.99. The summed E-state index contributed by atoms with van der Waals surface area (Å²) < 4.78 is 10.6. The number of rotatable bonds is 9. The first-order chi connectivity index (χ1) is 9.26. The van der Waals surface area contributed by atoms with E-state index in [0.717, 1.165) is 37.2 Å². The topological polar surface area (TPSA) is 67.8 Å². The molecule has 1 amide bonds. The molecule has 1 aromatic rings. The summed E-state index contributed by atoms with van der Waals surface area (Å²) in [6, 6.07) is 7.49. The van der Waals surface area contributed by atoms with Gasteiger partial charge < -0.3 is 9.47 Å². The van der Waals surface area contributed by atoms with Gasteiger partial charge in [0.25, 0.3) is 0 Å². The highest BCUT2D eigenvalue weighted by molar-refractivity contribution is 5.74. The van der Waals surface area contributed by atoms with E-state index >= 15 is 0 Å². The number of carbonyl (C=O) groups is 1. The second-order valence-corrected chi connectivity index (χ2v) is 4.22. The van der Waals surface area contributed by atoms with E-state index < -0.39 is 0 Å². The van der Waals surface area contributed by atoms with Gasteiger partial charge in [-0.1, -0.05) is 12.8 Å². The normalized spacial score (nSPS) is 10.0. The summed E-state index contributed by atoms with van der Waals surface area (Å²) in [5.74, 6) is 1.32.